The molecule has 2 atom stereocenters. The largest absolute Gasteiger partial charge is 0.313 e. The Morgan fingerprint density at radius 3 is 2.28 bits per heavy atom. The molecule has 2 nitrogen and oxygen atoms in total. The second-order valence-corrected chi connectivity index (χ2v) is 8.41. The predicted molar refractivity (Wildman–Crippen MR) is 81.3 cm³/mol. The molecule has 1 aliphatic rings. The molecule has 0 heterocycles. The van der Waals surface area contributed by atoms with Gasteiger partial charge in [0.15, 0.2) is 0 Å². The van der Waals surface area contributed by atoms with Crippen LogP contribution in [0.25, 0.3) is 0 Å². The second kappa shape index (κ2) is 7.04. The zero-order valence-corrected chi connectivity index (χ0v) is 13.6. The third-order valence-electron chi connectivity index (χ3n) is 5.00. The Kier molecular flexibility index (Phi) is 6.32. The summed E-state index contributed by atoms with van der Waals surface area (Å²) in [6, 6.07) is 0.653. The molecule has 0 aromatic rings. The van der Waals surface area contributed by atoms with Crippen molar-refractivity contribution in [2.24, 2.45) is 11.3 Å². The van der Waals surface area contributed by atoms with Gasteiger partial charge in [0.1, 0.15) is 0 Å². The summed E-state index contributed by atoms with van der Waals surface area (Å²) >= 11 is 0. The van der Waals surface area contributed by atoms with Gasteiger partial charge in [-0.2, -0.15) is 0 Å². The van der Waals surface area contributed by atoms with E-state index in [9.17, 15) is 4.21 Å². The van der Waals surface area contributed by atoms with E-state index in [1.54, 1.807) is 6.26 Å². The number of hydrogen-bond acceptors (Lipinski definition) is 2. The molecule has 0 aromatic carbocycles. The molecule has 0 amide bonds. The summed E-state index contributed by atoms with van der Waals surface area (Å²) in [7, 11) is -0.700. The van der Waals surface area contributed by atoms with Gasteiger partial charge in [-0.25, -0.2) is 0 Å². The van der Waals surface area contributed by atoms with E-state index in [0.29, 0.717) is 11.5 Å². The molecule has 1 fully saturated rings. The smallest absolute Gasteiger partial charge is 0.0441 e. The Morgan fingerprint density at radius 1 is 1.28 bits per heavy atom. The third-order valence-corrected chi connectivity index (χ3v) is 6.30. The van der Waals surface area contributed by atoms with Crippen molar-refractivity contribution < 1.29 is 4.21 Å². The maximum atomic E-state index is 11.3. The maximum absolute atomic E-state index is 11.3. The second-order valence-electron chi connectivity index (χ2n) is 6.61. The van der Waals surface area contributed by atoms with E-state index in [4.69, 9.17) is 0 Å². The first-order valence-electron chi connectivity index (χ1n) is 7.42. The van der Waals surface area contributed by atoms with Gasteiger partial charge in [-0.05, 0) is 43.9 Å². The van der Waals surface area contributed by atoms with Crippen LogP contribution in [0.4, 0.5) is 0 Å². The Labute approximate surface area is 116 Å². The lowest BCUT2D eigenvalue weighted by molar-refractivity contribution is 0.137. The highest BCUT2D eigenvalue weighted by Gasteiger charge is 2.31. The fourth-order valence-electron chi connectivity index (χ4n) is 2.82. The molecule has 0 saturated heterocycles. The number of rotatable bonds is 6. The molecule has 0 radical (unpaired) electrons. The monoisotopic (exact) mass is 273 g/mol. The highest BCUT2D eigenvalue weighted by Crippen LogP contribution is 2.40. The van der Waals surface area contributed by atoms with Gasteiger partial charge in [-0.1, -0.05) is 27.2 Å². The molecule has 1 saturated carbocycles. The molecule has 0 aliphatic heterocycles. The van der Waals surface area contributed by atoms with Gasteiger partial charge < -0.3 is 5.32 Å². The van der Waals surface area contributed by atoms with E-state index in [0.717, 1.165) is 12.5 Å². The van der Waals surface area contributed by atoms with Crippen LogP contribution in [0.1, 0.15) is 59.8 Å². The van der Waals surface area contributed by atoms with E-state index in [1.165, 1.54) is 32.1 Å². The van der Waals surface area contributed by atoms with Gasteiger partial charge in [-0.3, -0.25) is 4.21 Å². The van der Waals surface area contributed by atoms with Crippen molar-refractivity contribution in [3.63, 3.8) is 0 Å². The fourth-order valence-corrected chi connectivity index (χ4v) is 3.15. The summed E-state index contributed by atoms with van der Waals surface area (Å²) in [5, 5.41) is 3.87. The molecule has 1 N–H and O–H groups in total. The van der Waals surface area contributed by atoms with Gasteiger partial charge in [-0.15, -0.1) is 0 Å². The molecule has 18 heavy (non-hydrogen) atoms. The van der Waals surface area contributed by atoms with Crippen molar-refractivity contribution in [3.05, 3.63) is 0 Å². The lowest BCUT2D eigenvalue weighted by Crippen LogP contribution is -2.40. The SMILES string of the molecule is CCC(C)(C)C1CCC(NCC(C)S(C)=O)CC1. The Hall–Kier alpha value is 0.110. The zero-order chi connectivity index (χ0) is 13.8. The molecule has 108 valence electrons. The minimum Gasteiger partial charge on any atom is -0.313 e. The highest BCUT2D eigenvalue weighted by molar-refractivity contribution is 7.84. The van der Waals surface area contributed by atoms with E-state index < -0.39 is 10.8 Å². The highest BCUT2D eigenvalue weighted by atomic mass is 32.2. The van der Waals surface area contributed by atoms with Crippen LogP contribution >= 0.6 is 0 Å². The first-order valence-corrected chi connectivity index (χ1v) is 9.04. The lowest BCUT2D eigenvalue weighted by Gasteiger charge is -2.39. The molecule has 0 aromatic heterocycles. The van der Waals surface area contributed by atoms with Gasteiger partial charge in [0.2, 0.25) is 0 Å². The van der Waals surface area contributed by atoms with E-state index in [-0.39, 0.29) is 5.25 Å². The van der Waals surface area contributed by atoms with Crippen molar-refractivity contribution in [2.45, 2.75) is 71.1 Å². The minimum atomic E-state index is -0.700. The molecule has 0 spiro atoms. The summed E-state index contributed by atoms with van der Waals surface area (Å²) in [6.45, 7) is 10.1. The lowest BCUT2D eigenvalue weighted by atomic mass is 9.69. The van der Waals surface area contributed by atoms with Crippen LogP contribution in [0, 0.1) is 11.3 Å². The first-order chi connectivity index (χ1) is 8.36. The summed E-state index contributed by atoms with van der Waals surface area (Å²) in [6.07, 6.45) is 8.35. The Morgan fingerprint density at radius 2 is 1.83 bits per heavy atom. The molecule has 0 bridgehead atoms. The predicted octanol–water partition coefficient (Wildman–Crippen LogP) is 3.34. The van der Waals surface area contributed by atoms with Crippen LogP contribution in [0.3, 0.4) is 0 Å². The van der Waals surface area contributed by atoms with E-state index in [1.807, 2.05) is 0 Å². The standard InChI is InChI=1S/C15H31NOS/c1-6-15(3,4)13-7-9-14(10-8-13)16-11-12(2)18(5)17/h12-14,16H,6-11H2,1-5H3. The normalized spacial score (nSPS) is 28.9. The topological polar surface area (TPSA) is 29.1 Å². The fraction of sp³-hybridized carbons (Fsp3) is 1.00. The van der Waals surface area contributed by atoms with E-state index in [2.05, 4.69) is 33.0 Å². The zero-order valence-electron chi connectivity index (χ0n) is 12.8. The maximum Gasteiger partial charge on any atom is 0.0441 e. The summed E-state index contributed by atoms with van der Waals surface area (Å²) in [5.41, 5.74) is 0.503. The molecule has 1 rings (SSSR count). The van der Waals surface area contributed by atoms with Crippen molar-refractivity contribution in [1.29, 1.82) is 0 Å². The van der Waals surface area contributed by atoms with Crippen molar-refractivity contribution >= 4 is 10.8 Å². The van der Waals surface area contributed by atoms with Crippen molar-refractivity contribution in [3.8, 4) is 0 Å². The van der Waals surface area contributed by atoms with Gasteiger partial charge in [0.25, 0.3) is 0 Å². The summed E-state index contributed by atoms with van der Waals surface area (Å²) in [5.74, 6) is 0.887. The van der Waals surface area contributed by atoms with Crippen LogP contribution in [-0.2, 0) is 10.8 Å². The van der Waals surface area contributed by atoms with Crippen LogP contribution in [-0.4, -0.2) is 28.3 Å². The van der Waals surface area contributed by atoms with Crippen molar-refractivity contribution in [2.75, 3.05) is 12.8 Å². The molecular formula is C15H31NOS. The van der Waals surface area contributed by atoms with Crippen LogP contribution in [0.15, 0.2) is 0 Å². The average molecular weight is 273 g/mol. The molecule has 1 aliphatic carbocycles. The average Bonchev–Trinajstić information content (AvgIpc) is 2.36. The quantitative estimate of drug-likeness (QED) is 0.804. The third kappa shape index (κ3) is 4.65. The first kappa shape index (κ1) is 16.2. The van der Waals surface area contributed by atoms with Crippen LogP contribution in [0.2, 0.25) is 0 Å². The molecule has 2 unspecified atom stereocenters. The summed E-state index contributed by atoms with van der Waals surface area (Å²) in [4.78, 5) is 0. The Bertz CT molecular complexity index is 270. The van der Waals surface area contributed by atoms with Gasteiger partial charge >= 0.3 is 0 Å². The van der Waals surface area contributed by atoms with Crippen LogP contribution in [0.5, 0.6) is 0 Å². The Balaban J connectivity index is 2.30. The minimum absolute atomic E-state index is 0.273. The summed E-state index contributed by atoms with van der Waals surface area (Å²) < 4.78 is 11.3. The number of hydrogen-bond donors (Lipinski definition) is 1. The van der Waals surface area contributed by atoms with Gasteiger partial charge in [0, 0.05) is 34.9 Å². The number of nitrogens with one attached hydrogen (secondary N) is 1. The molecule has 3 heteroatoms. The van der Waals surface area contributed by atoms with E-state index >= 15 is 0 Å². The molecular weight excluding hydrogens is 242 g/mol. The van der Waals surface area contributed by atoms with Gasteiger partial charge in [0.05, 0.1) is 0 Å². The van der Waals surface area contributed by atoms with Crippen molar-refractivity contribution in [1.82, 2.24) is 5.32 Å². The van der Waals surface area contributed by atoms with Crippen LogP contribution < -0.4 is 5.32 Å².